The molecule has 0 aliphatic heterocycles. The zero-order valence-electron chi connectivity index (χ0n) is 15.8. The number of anilines is 1. The lowest BCUT2D eigenvalue weighted by Crippen LogP contribution is -2.17. The summed E-state index contributed by atoms with van der Waals surface area (Å²) < 4.78 is 1.23. The number of para-hydroxylation sites is 1. The monoisotopic (exact) mass is 373 g/mol. The molecule has 0 bridgehead atoms. The average Bonchev–Trinajstić information content (AvgIpc) is 3.12. The van der Waals surface area contributed by atoms with E-state index in [9.17, 15) is 0 Å². The van der Waals surface area contributed by atoms with Gasteiger partial charge in [0.15, 0.2) is 0 Å². The Bertz CT molecular complexity index is 1000. The third-order valence-corrected chi connectivity index (χ3v) is 5.78. The van der Waals surface area contributed by atoms with Crippen LogP contribution in [0.2, 0.25) is 0 Å². The lowest BCUT2D eigenvalue weighted by Gasteiger charge is -2.23. The molecule has 27 heavy (non-hydrogen) atoms. The second-order valence-corrected chi connectivity index (χ2v) is 8.23. The highest BCUT2D eigenvalue weighted by molar-refractivity contribution is 7.21. The van der Waals surface area contributed by atoms with E-state index in [1.54, 1.807) is 11.3 Å². The van der Waals surface area contributed by atoms with Gasteiger partial charge in [0.2, 0.25) is 0 Å². The molecule has 0 aliphatic rings. The lowest BCUT2D eigenvalue weighted by atomic mass is 9.95. The second-order valence-electron chi connectivity index (χ2n) is 7.20. The molecule has 2 aromatic carbocycles. The van der Waals surface area contributed by atoms with E-state index in [4.69, 9.17) is 4.98 Å². The van der Waals surface area contributed by atoms with Crippen LogP contribution >= 0.6 is 11.3 Å². The molecule has 2 heterocycles. The molecule has 4 aromatic rings. The second kappa shape index (κ2) is 7.49. The van der Waals surface area contributed by atoms with Crippen LogP contribution in [-0.2, 0) is 0 Å². The van der Waals surface area contributed by atoms with Crippen molar-refractivity contribution in [2.24, 2.45) is 5.92 Å². The van der Waals surface area contributed by atoms with Crippen LogP contribution in [0.4, 0.5) is 5.82 Å². The van der Waals surface area contributed by atoms with E-state index in [0.717, 1.165) is 21.9 Å². The molecule has 0 fully saturated rings. The van der Waals surface area contributed by atoms with Crippen molar-refractivity contribution in [2.75, 3.05) is 5.32 Å². The molecule has 0 amide bonds. The van der Waals surface area contributed by atoms with Crippen molar-refractivity contribution < 1.29 is 0 Å². The van der Waals surface area contributed by atoms with Gasteiger partial charge in [-0.3, -0.25) is 0 Å². The van der Waals surface area contributed by atoms with E-state index in [1.807, 2.05) is 18.3 Å². The van der Waals surface area contributed by atoms with E-state index in [2.05, 4.69) is 79.6 Å². The summed E-state index contributed by atoms with van der Waals surface area (Å²) in [6, 6.07) is 21.4. The third kappa shape index (κ3) is 3.86. The minimum Gasteiger partial charge on any atom is -0.363 e. The average molecular weight is 374 g/mol. The Morgan fingerprint density at radius 2 is 1.70 bits per heavy atom. The zero-order chi connectivity index (χ0) is 18.8. The number of hydrogen-bond acceptors (Lipinski definition) is 4. The molecule has 136 valence electrons. The molecule has 0 aliphatic carbocycles. The van der Waals surface area contributed by atoms with Gasteiger partial charge in [0.25, 0.3) is 0 Å². The Morgan fingerprint density at radius 3 is 2.37 bits per heavy atom. The number of pyridine rings is 1. The fraction of sp³-hybridized carbons (Fsp3) is 0.217. The molecule has 1 N–H and O–H groups in total. The van der Waals surface area contributed by atoms with Gasteiger partial charge >= 0.3 is 0 Å². The van der Waals surface area contributed by atoms with Crippen LogP contribution in [-0.4, -0.2) is 9.97 Å². The van der Waals surface area contributed by atoms with E-state index in [1.165, 1.54) is 15.8 Å². The number of nitrogens with one attached hydrogen (secondary N) is 1. The summed E-state index contributed by atoms with van der Waals surface area (Å²) in [5, 5.41) is 4.65. The molecule has 4 heteroatoms. The van der Waals surface area contributed by atoms with Gasteiger partial charge in [-0.15, -0.1) is 11.3 Å². The molecular weight excluding hydrogens is 350 g/mol. The molecule has 0 radical (unpaired) electrons. The Labute approximate surface area is 164 Å². The summed E-state index contributed by atoms with van der Waals surface area (Å²) in [6.07, 6.45) is 1.90. The van der Waals surface area contributed by atoms with Crippen molar-refractivity contribution in [1.29, 1.82) is 0 Å². The van der Waals surface area contributed by atoms with Gasteiger partial charge < -0.3 is 5.32 Å². The topological polar surface area (TPSA) is 37.8 Å². The van der Waals surface area contributed by atoms with Gasteiger partial charge in [-0.25, -0.2) is 9.97 Å². The van der Waals surface area contributed by atoms with Gasteiger partial charge in [0.1, 0.15) is 10.8 Å². The van der Waals surface area contributed by atoms with Gasteiger partial charge in [0.05, 0.1) is 16.3 Å². The maximum absolute atomic E-state index is 4.76. The van der Waals surface area contributed by atoms with Crippen molar-refractivity contribution in [3.05, 3.63) is 78.0 Å². The maximum atomic E-state index is 4.76. The number of aromatic nitrogens is 2. The third-order valence-electron chi connectivity index (χ3n) is 4.69. The smallest absolute Gasteiger partial charge is 0.126 e. The van der Waals surface area contributed by atoms with Crippen molar-refractivity contribution >= 4 is 27.4 Å². The fourth-order valence-corrected chi connectivity index (χ4v) is 4.15. The molecule has 1 unspecified atom stereocenters. The van der Waals surface area contributed by atoms with Crippen molar-refractivity contribution in [2.45, 2.75) is 26.8 Å². The summed E-state index contributed by atoms with van der Waals surface area (Å²) in [5.41, 5.74) is 4.66. The summed E-state index contributed by atoms with van der Waals surface area (Å²) in [5.74, 6) is 1.36. The number of nitrogens with zero attached hydrogens (tertiary/aromatic N) is 2. The number of rotatable bonds is 5. The predicted octanol–water partition coefficient (Wildman–Crippen LogP) is 6.48. The highest BCUT2D eigenvalue weighted by Gasteiger charge is 2.16. The lowest BCUT2D eigenvalue weighted by molar-refractivity contribution is 0.545. The van der Waals surface area contributed by atoms with Crippen LogP contribution in [0.25, 0.3) is 20.8 Å². The van der Waals surface area contributed by atoms with Crippen molar-refractivity contribution in [3.8, 4) is 10.6 Å². The van der Waals surface area contributed by atoms with Crippen LogP contribution in [0.1, 0.15) is 31.0 Å². The maximum Gasteiger partial charge on any atom is 0.126 e. The van der Waals surface area contributed by atoms with Gasteiger partial charge in [0, 0.05) is 11.8 Å². The summed E-state index contributed by atoms with van der Waals surface area (Å²) in [7, 11) is 0. The quantitative estimate of drug-likeness (QED) is 0.435. The summed E-state index contributed by atoms with van der Waals surface area (Å²) in [6.45, 7) is 6.51. The van der Waals surface area contributed by atoms with Crippen LogP contribution in [0.3, 0.4) is 0 Å². The summed E-state index contributed by atoms with van der Waals surface area (Å²) >= 11 is 1.74. The first kappa shape index (κ1) is 17.7. The molecule has 3 nitrogen and oxygen atoms in total. The van der Waals surface area contributed by atoms with Gasteiger partial charge in [-0.2, -0.15) is 0 Å². The molecule has 4 rings (SSSR count). The SMILES string of the molecule is Cc1ccc(NC(c2ccc(-c3nc4ccccc4s3)cc2)C(C)C)nc1. The largest absolute Gasteiger partial charge is 0.363 e. The normalized spacial score (nSPS) is 12.4. The van der Waals surface area contributed by atoms with Gasteiger partial charge in [-0.1, -0.05) is 56.3 Å². The molecule has 0 spiro atoms. The highest BCUT2D eigenvalue weighted by Crippen LogP contribution is 2.32. The van der Waals surface area contributed by atoms with Crippen LogP contribution in [0, 0.1) is 12.8 Å². The number of aryl methyl sites for hydroxylation is 1. The van der Waals surface area contributed by atoms with E-state index in [0.29, 0.717) is 5.92 Å². The summed E-state index contributed by atoms with van der Waals surface area (Å²) in [4.78, 5) is 9.26. The van der Waals surface area contributed by atoms with E-state index >= 15 is 0 Å². The molecule has 2 aromatic heterocycles. The number of fused-ring (bicyclic) bond motifs is 1. The van der Waals surface area contributed by atoms with Crippen molar-refractivity contribution in [3.63, 3.8) is 0 Å². The Morgan fingerprint density at radius 1 is 0.926 bits per heavy atom. The zero-order valence-corrected chi connectivity index (χ0v) is 16.6. The Hall–Kier alpha value is -2.72. The predicted molar refractivity (Wildman–Crippen MR) is 115 cm³/mol. The molecule has 0 saturated heterocycles. The fourth-order valence-electron chi connectivity index (χ4n) is 3.18. The minimum absolute atomic E-state index is 0.213. The van der Waals surface area contributed by atoms with Crippen LogP contribution in [0.5, 0.6) is 0 Å². The molecular formula is C23H23N3S. The number of benzene rings is 2. The number of hydrogen-bond donors (Lipinski definition) is 1. The van der Waals surface area contributed by atoms with Crippen molar-refractivity contribution in [1.82, 2.24) is 9.97 Å². The minimum atomic E-state index is 0.213. The molecule has 0 saturated carbocycles. The molecule has 1 atom stereocenters. The van der Waals surface area contributed by atoms with E-state index in [-0.39, 0.29) is 6.04 Å². The highest BCUT2D eigenvalue weighted by atomic mass is 32.1. The first-order valence-electron chi connectivity index (χ1n) is 9.25. The van der Waals surface area contributed by atoms with Gasteiger partial charge in [-0.05, 0) is 42.2 Å². The standard InChI is InChI=1S/C23H23N3S/c1-15(2)22(26-21-13-8-16(3)14-24-21)17-9-11-18(12-10-17)23-25-19-6-4-5-7-20(19)27-23/h4-15,22H,1-3H3,(H,24,26). The Kier molecular flexibility index (Phi) is 4.90. The van der Waals surface area contributed by atoms with Crippen LogP contribution < -0.4 is 5.32 Å². The van der Waals surface area contributed by atoms with Crippen LogP contribution in [0.15, 0.2) is 66.9 Å². The number of thiazole rings is 1. The Balaban J connectivity index is 1.59. The first-order chi connectivity index (χ1) is 13.1. The van der Waals surface area contributed by atoms with E-state index < -0.39 is 0 Å². The first-order valence-corrected chi connectivity index (χ1v) is 10.1.